The molecule has 2 amide bonds. The molecule has 2 aromatic rings. The van der Waals surface area contributed by atoms with E-state index in [0.29, 0.717) is 22.9 Å². The third-order valence-corrected chi connectivity index (χ3v) is 7.74. The summed E-state index contributed by atoms with van der Waals surface area (Å²) < 4.78 is 31.7. The molecule has 10 heteroatoms. The van der Waals surface area contributed by atoms with Crippen LogP contribution in [0, 0.1) is 0 Å². The molecule has 2 aromatic carbocycles. The summed E-state index contributed by atoms with van der Waals surface area (Å²) in [6.07, 6.45) is 2.63. The van der Waals surface area contributed by atoms with Crippen LogP contribution in [0.5, 0.6) is 5.75 Å². The van der Waals surface area contributed by atoms with Crippen LogP contribution in [0.15, 0.2) is 48.5 Å². The lowest BCUT2D eigenvalue weighted by Crippen LogP contribution is -2.50. The Morgan fingerprint density at radius 1 is 1.05 bits per heavy atom. The van der Waals surface area contributed by atoms with Crippen molar-refractivity contribution in [2.75, 3.05) is 24.2 Å². The molecule has 0 aliphatic heterocycles. The Morgan fingerprint density at radius 2 is 1.70 bits per heavy atom. The molecule has 1 N–H and O–H groups in total. The van der Waals surface area contributed by atoms with E-state index in [1.165, 1.54) is 11.4 Å². The van der Waals surface area contributed by atoms with Gasteiger partial charge in [-0.15, -0.1) is 0 Å². The Hall–Kier alpha value is -2.78. The molecule has 8 nitrogen and oxygen atoms in total. The topological polar surface area (TPSA) is 96.0 Å². The lowest BCUT2D eigenvalue weighted by molar-refractivity contribution is -0.141. The Bertz CT molecular complexity index is 1160. The van der Waals surface area contributed by atoms with E-state index in [9.17, 15) is 18.0 Å². The van der Waals surface area contributed by atoms with Crippen LogP contribution < -0.4 is 14.4 Å². The van der Waals surface area contributed by atoms with Gasteiger partial charge in [-0.3, -0.25) is 13.9 Å². The monoisotopic (exact) mass is 551 g/mol. The maximum Gasteiger partial charge on any atom is 0.243 e. The number of carbonyl (C=O) groups excluding carboxylic acids is 2. The maximum absolute atomic E-state index is 13.5. The minimum Gasteiger partial charge on any atom is -0.495 e. The van der Waals surface area contributed by atoms with Crippen LogP contribution in [-0.2, 0) is 26.2 Å². The molecule has 2 unspecified atom stereocenters. The van der Waals surface area contributed by atoms with Gasteiger partial charge in [-0.2, -0.15) is 0 Å². The predicted octanol–water partition coefficient (Wildman–Crippen LogP) is 4.62. The minimum atomic E-state index is -3.63. The molecule has 0 aliphatic carbocycles. The number of sulfonamides is 1. The molecular formula is C27H38ClN3O5S. The SMILES string of the molecule is CCC(C)NC(=O)C(CC)N(Cc1ccccc1Cl)C(=O)CCCN(c1ccccc1OC)S(C)(=O)=O. The van der Waals surface area contributed by atoms with Gasteiger partial charge in [0.1, 0.15) is 11.8 Å². The van der Waals surface area contributed by atoms with E-state index in [0.717, 1.165) is 18.2 Å². The first kappa shape index (κ1) is 30.4. The highest BCUT2D eigenvalue weighted by atomic mass is 35.5. The van der Waals surface area contributed by atoms with Crippen LogP contribution in [0.4, 0.5) is 5.69 Å². The molecule has 204 valence electrons. The van der Waals surface area contributed by atoms with E-state index >= 15 is 0 Å². The van der Waals surface area contributed by atoms with Gasteiger partial charge >= 0.3 is 0 Å². The molecule has 0 radical (unpaired) electrons. The number of para-hydroxylation sites is 2. The van der Waals surface area contributed by atoms with Gasteiger partial charge < -0.3 is 15.0 Å². The summed E-state index contributed by atoms with van der Waals surface area (Å²) >= 11 is 6.38. The highest BCUT2D eigenvalue weighted by molar-refractivity contribution is 7.92. The number of carbonyl (C=O) groups is 2. The minimum absolute atomic E-state index is 0.0250. The van der Waals surface area contributed by atoms with E-state index < -0.39 is 16.1 Å². The number of ether oxygens (including phenoxy) is 1. The molecule has 37 heavy (non-hydrogen) atoms. The second-order valence-electron chi connectivity index (χ2n) is 8.97. The molecular weight excluding hydrogens is 514 g/mol. The van der Waals surface area contributed by atoms with Crippen LogP contribution in [-0.4, -0.2) is 57.1 Å². The van der Waals surface area contributed by atoms with Gasteiger partial charge in [0.2, 0.25) is 21.8 Å². The first-order valence-electron chi connectivity index (χ1n) is 12.5. The molecule has 0 aromatic heterocycles. The number of methoxy groups -OCH3 is 1. The van der Waals surface area contributed by atoms with Crippen LogP contribution in [0.1, 0.15) is 52.0 Å². The van der Waals surface area contributed by atoms with Crippen molar-refractivity contribution in [2.24, 2.45) is 0 Å². The Kier molecular flexibility index (Phi) is 11.7. The lowest BCUT2D eigenvalue weighted by atomic mass is 10.1. The highest BCUT2D eigenvalue weighted by Crippen LogP contribution is 2.30. The van der Waals surface area contributed by atoms with Gasteiger partial charge in [0.25, 0.3) is 0 Å². The van der Waals surface area contributed by atoms with Crippen molar-refractivity contribution >= 4 is 39.1 Å². The second-order valence-corrected chi connectivity index (χ2v) is 11.3. The summed E-state index contributed by atoms with van der Waals surface area (Å²) in [5.74, 6) is -0.0454. The zero-order chi connectivity index (χ0) is 27.6. The van der Waals surface area contributed by atoms with Gasteiger partial charge in [0.05, 0.1) is 19.1 Å². The third-order valence-electron chi connectivity index (χ3n) is 6.19. The van der Waals surface area contributed by atoms with E-state index in [1.807, 2.05) is 39.0 Å². The van der Waals surface area contributed by atoms with Crippen LogP contribution >= 0.6 is 11.6 Å². The number of benzene rings is 2. The summed E-state index contributed by atoms with van der Waals surface area (Å²) in [7, 11) is -2.15. The van der Waals surface area contributed by atoms with Gasteiger partial charge in [0, 0.05) is 30.6 Å². The largest absolute Gasteiger partial charge is 0.495 e. The Balaban J connectivity index is 2.26. The first-order chi connectivity index (χ1) is 17.5. The second kappa shape index (κ2) is 14.2. The number of nitrogens with one attached hydrogen (secondary N) is 1. The molecule has 2 rings (SSSR count). The average molecular weight is 552 g/mol. The lowest BCUT2D eigenvalue weighted by Gasteiger charge is -2.32. The molecule has 0 saturated heterocycles. The molecule has 0 saturated carbocycles. The Morgan fingerprint density at radius 3 is 2.30 bits per heavy atom. The number of halogens is 1. The zero-order valence-corrected chi connectivity index (χ0v) is 23.8. The van der Waals surface area contributed by atoms with E-state index in [4.69, 9.17) is 16.3 Å². The van der Waals surface area contributed by atoms with Gasteiger partial charge in [0.15, 0.2) is 0 Å². The normalized spacial score (nSPS) is 12.9. The number of hydrogen-bond acceptors (Lipinski definition) is 5. The third kappa shape index (κ3) is 8.64. The predicted molar refractivity (Wildman–Crippen MR) is 148 cm³/mol. The Labute approximate surface area is 226 Å². The molecule has 0 bridgehead atoms. The number of nitrogens with zero attached hydrogens (tertiary/aromatic N) is 2. The van der Waals surface area contributed by atoms with Crippen LogP contribution in [0.25, 0.3) is 0 Å². The summed E-state index contributed by atoms with van der Waals surface area (Å²) in [6, 6.07) is 13.3. The number of hydrogen-bond donors (Lipinski definition) is 1. The fraction of sp³-hybridized carbons (Fsp3) is 0.481. The van der Waals surface area contributed by atoms with Crippen molar-refractivity contribution in [2.45, 2.75) is 65.1 Å². The fourth-order valence-corrected chi connectivity index (χ4v) is 5.15. The van der Waals surface area contributed by atoms with E-state index in [2.05, 4.69) is 5.32 Å². The summed E-state index contributed by atoms with van der Waals surface area (Å²) in [5.41, 5.74) is 1.14. The van der Waals surface area contributed by atoms with E-state index in [1.54, 1.807) is 35.2 Å². The first-order valence-corrected chi connectivity index (χ1v) is 14.7. The van der Waals surface area contributed by atoms with Gasteiger partial charge in [-0.05, 0) is 49.9 Å². The van der Waals surface area contributed by atoms with Gasteiger partial charge in [-0.25, -0.2) is 8.42 Å². The van der Waals surface area contributed by atoms with Crippen molar-refractivity contribution in [1.82, 2.24) is 10.2 Å². The number of anilines is 1. The molecule has 0 aliphatic rings. The van der Waals surface area contributed by atoms with E-state index in [-0.39, 0.29) is 43.8 Å². The van der Waals surface area contributed by atoms with Crippen molar-refractivity contribution < 1.29 is 22.7 Å². The quantitative estimate of drug-likeness (QED) is 0.370. The van der Waals surface area contributed by atoms with Crippen molar-refractivity contribution in [1.29, 1.82) is 0 Å². The molecule has 0 spiro atoms. The smallest absolute Gasteiger partial charge is 0.243 e. The van der Waals surface area contributed by atoms with Crippen LogP contribution in [0.2, 0.25) is 5.02 Å². The molecule has 0 fully saturated rings. The number of amides is 2. The van der Waals surface area contributed by atoms with Crippen molar-refractivity contribution in [3.8, 4) is 5.75 Å². The highest BCUT2D eigenvalue weighted by Gasteiger charge is 2.30. The molecule has 2 atom stereocenters. The summed E-state index contributed by atoms with van der Waals surface area (Å²) in [6.45, 7) is 6.02. The zero-order valence-electron chi connectivity index (χ0n) is 22.2. The maximum atomic E-state index is 13.5. The summed E-state index contributed by atoms with van der Waals surface area (Å²) in [5, 5.41) is 3.49. The number of rotatable bonds is 14. The van der Waals surface area contributed by atoms with Crippen LogP contribution in [0.3, 0.4) is 0 Å². The standard InChI is InChI=1S/C27H38ClN3O5S/c1-6-20(3)29-27(33)23(7-2)30(19-21-13-8-9-14-22(21)28)26(32)17-12-18-31(37(5,34)35)24-15-10-11-16-25(24)36-4/h8-11,13-16,20,23H,6-7,12,17-19H2,1-5H3,(H,29,33). The van der Waals surface area contributed by atoms with Crippen molar-refractivity contribution in [3.05, 3.63) is 59.1 Å². The van der Waals surface area contributed by atoms with Gasteiger partial charge in [-0.1, -0.05) is 55.8 Å². The average Bonchev–Trinajstić information content (AvgIpc) is 2.86. The fourth-order valence-electron chi connectivity index (χ4n) is 3.99. The molecule has 0 heterocycles. The van der Waals surface area contributed by atoms with Crippen molar-refractivity contribution in [3.63, 3.8) is 0 Å². The summed E-state index contributed by atoms with van der Waals surface area (Å²) in [4.78, 5) is 28.2.